The molecule has 1 saturated carbocycles. The molecule has 1 fully saturated rings. The Bertz CT molecular complexity index is 438. The van der Waals surface area contributed by atoms with Crippen LogP contribution in [0, 0.1) is 0 Å². The Hall–Kier alpha value is -1.22. The third kappa shape index (κ3) is 2.78. The van der Waals surface area contributed by atoms with E-state index < -0.39 is 0 Å². The molecule has 0 unspecified atom stereocenters. The zero-order chi connectivity index (χ0) is 12.6. The van der Waals surface area contributed by atoms with Crippen LogP contribution in [0.15, 0.2) is 18.2 Å². The van der Waals surface area contributed by atoms with Crippen LogP contribution in [0.2, 0.25) is 0 Å². The highest BCUT2D eigenvalue weighted by Crippen LogP contribution is 2.33. The third-order valence-corrected chi connectivity index (χ3v) is 3.56. The third-order valence-electron chi connectivity index (χ3n) is 3.56. The number of ether oxygens (including phenoxy) is 1. The van der Waals surface area contributed by atoms with Crippen molar-refractivity contribution >= 4 is 5.69 Å². The van der Waals surface area contributed by atoms with Crippen molar-refractivity contribution < 1.29 is 4.74 Å². The maximum atomic E-state index is 5.95. The van der Waals surface area contributed by atoms with Crippen LogP contribution in [0.25, 0.3) is 0 Å². The van der Waals surface area contributed by atoms with E-state index in [4.69, 9.17) is 4.74 Å². The van der Waals surface area contributed by atoms with Gasteiger partial charge in [0.15, 0.2) is 0 Å². The Labute approximate surface area is 109 Å². The smallest absolute Gasteiger partial charge is 0.143 e. The van der Waals surface area contributed by atoms with Gasteiger partial charge in [-0.05, 0) is 57.4 Å². The summed E-state index contributed by atoms with van der Waals surface area (Å²) in [4.78, 5) is 0. The van der Waals surface area contributed by atoms with E-state index in [-0.39, 0.29) is 5.60 Å². The van der Waals surface area contributed by atoms with Gasteiger partial charge in [0, 0.05) is 6.04 Å². The summed E-state index contributed by atoms with van der Waals surface area (Å²) in [5.74, 6) is 0.977. The Morgan fingerprint density at radius 3 is 3.00 bits per heavy atom. The van der Waals surface area contributed by atoms with Crippen LogP contribution in [-0.2, 0) is 6.42 Å². The molecule has 1 heterocycles. The highest BCUT2D eigenvalue weighted by Gasteiger charge is 2.26. The number of benzene rings is 1. The molecule has 1 aromatic rings. The van der Waals surface area contributed by atoms with Crippen molar-refractivity contribution in [1.29, 1.82) is 0 Å². The summed E-state index contributed by atoms with van der Waals surface area (Å²) in [6.45, 7) is 6.16. The summed E-state index contributed by atoms with van der Waals surface area (Å²) >= 11 is 0. The van der Waals surface area contributed by atoms with E-state index in [0.29, 0.717) is 0 Å². The first-order chi connectivity index (χ1) is 8.62. The molecule has 2 aliphatic rings. The molecule has 2 N–H and O–H groups in total. The van der Waals surface area contributed by atoms with Gasteiger partial charge in [0.2, 0.25) is 0 Å². The van der Waals surface area contributed by atoms with Gasteiger partial charge in [0.1, 0.15) is 11.4 Å². The van der Waals surface area contributed by atoms with Crippen molar-refractivity contribution in [3.8, 4) is 5.75 Å². The Kier molecular flexibility index (Phi) is 2.94. The monoisotopic (exact) mass is 246 g/mol. The lowest BCUT2D eigenvalue weighted by Crippen LogP contribution is -2.40. The van der Waals surface area contributed by atoms with Gasteiger partial charge in [-0.3, -0.25) is 0 Å². The Balaban J connectivity index is 1.63. The number of hydrogen-bond acceptors (Lipinski definition) is 3. The average Bonchev–Trinajstić information content (AvgIpc) is 3.12. The quantitative estimate of drug-likeness (QED) is 0.856. The summed E-state index contributed by atoms with van der Waals surface area (Å²) in [5, 5.41) is 7.01. The van der Waals surface area contributed by atoms with Crippen LogP contribution in [-0.4, -0.2) is 24.7 Å². The molecule has 1 aliphatic heterocycles. The van der Waals surface area contributed by atoms with Gasteiger partial charge >= 0.3 is 0 Å². The van der Waals surface area contributed by atoms with Crippen LogP contribution in [0.1, 0.15) is 32.3 Å². The fourth-order valence-electron chi connectivity index (χ4n) is 2.31. The summed E-state index contributed by atoms with van der Waals surface area (Å²) < 4.78 is 5.95. The molecule has 3 rings (SSSR count). The molecule has 0 saturated heterocycles. The van der Waals surface area contributed by atoms with E-state index in [0.717, 1.165) is 37.0 Å². The molecule has 18 heavy (non-hydrogen) atoms. The zero-order valence-electron chi connectivity index (χ0n) is 11.3. The molecule has 0 bridgehead atoms. The summed E-state index contributed by atoms with van der Waals surface area (Å²) in [6.07, 6.45) is 3.80. The minimum atomic E-state index is -0.109. The van der Waals surface area contributed by atoms with E-state index in [1.54, 1.807) is 0 Å². The first kappa shape index (κ1) is 11.8. The molecule has 1 aliphatic carbocycles. The van der Waals surface area contributed by atoms with Crippen molar-refractivity contribution in [2.45, 2.75) is 44.8 Å². The summed E-state index contributed by atoms with van der Waals surface area (Å²) in [5.41, 5.74) is 2.40. The molecule has 0 aromatic heterocycles. The van der Waals surface area contributed by atoms with Gasteiger partial charge in [0.05, 0.1) is 12.2 Å². The average molecular weight is 246 g/mol. The lowest BCUT2D eigenvalue weighted by atomic mass is 10.0. The Morgan fingerprint density at radius 2 is 2.22 bits per heavy atom. The SMILES string of the molecule is CC1(C)CNc2cc(CCNC3CC3)ccc2O1. The van der Waals surface area contributed by atoms with Crippen molar-refractivity contribution in [1.82, 2.24) is 5.32 Å². The van der Waals surface area contributed by atoms with Crippen LogP contribution in [0.3, 0.4) is 0 Å². The maximum absolute atomic E-state index is 5.95. The molecule has 0 spiro atoms. The highest BCUT2D eigenvalue weighted by atomic mass is 16.5. The summed E-state index contributed by atoms with van der Waals surface area (Å²) in [6, 6.07) is 7.29. The van der Waals surface area contributed by atoms with E-state index in [2.05, 4.69) is 42.7 Å². The fourth-order valence-corrected chi connectivity index (χ4v) is 2.31. The normalized spacial score (nSPS) is 20.8. The van der Waals surface area contributed by atoms with Crippen LogP contribution >= 0.6 is 0 Å². The van der Waals surface area contributed by atoms with Gasteiger partial charge < -0.3 is 15.4 Å². The van der Waals surface area contributed by atoms with E-state index >= 15 is 0 Å². The molecule has 0 amide bonds. The lowest BCUT2D eigenvalue weighted by molar-refractivity contribution is 0.116. The first-order valence-corrected chi connectivity index (χ1v) is 6.92. The molecule has 1 aromatic carbocycles. The molecule has 0 radical (unpaired) electrons. The highest BCUT2D eigenvalue weighted by molar-refractivity contribution is 5.60. The zero-order valence-corrected chi connectivity index (χ0v) is 11.3. The predicted octanol–water partition coefficient (Wildman–Crippen LogP) is 2.56. The van der Waals surface area contributed by atoms with Crippen LogP contribution < -0.4 is 15.4 Å². The Morgan fingerprint density at radius 1 is 1.39 bits per heavy atom. The van der Waals surface area contributed by atoms with Gasteiger partial charge in [-0.1, -0.05) is 6.07 Å². The van der Waals surface area contributed by atoms with Gasteiger partial charge in [-0.15, -0.1) is 0 Å². The molecule has 0 atom stereocenters. The van der Waals surface area contributed by atoms with Gasteiger partial charge in [-0.2, -0.15) is 0 Å². The summed E-state index contributed by atoms with van der Waals surface area (Å²) in [7, 11) is 0. The fraction of sp³-hybridized carbons (Fsp3) is 0.600. The van der Waals surface area contributed by atoms with Crippen molar-refractivity contribution in [2.24, 2.45) is 0 Å². The lowest BCUT2D eigenvalue weighted by Gasteiger charge is -2.33. The number of fused-ring (bicyclic) bond motifs is 1. The molecule has 3 heteroatoms. The molecule has 98 valence electrons. The minimum absolute atomic E-state index is 0.109. The molecular weight excluding hydrogens is 224 g/mol. The number of hydrogen-bond donors (Lipinski definition) is 2. The van der Waals surface area contributed by atoms with E-state index in [9.17, 15) is 0 Å². The number of nitrogens with one attached hydrogen (secondary N) is 2. The van der Waals surface area contributed by atoms with Crippen molar-refractivity contribution in [2.75, 3.05) is 18.4 Å². The van der Waals surface area contributed by atoms with Gasteiger partial charge in [-0.25, -0.2) is 0 Å². The first-order valence-electron chi connectivity index (χ1n) is 6.92. The predicted molar refractivity (Wildman–Crippen MR) is 74.4 cm³/mol. The minimum Gasteiger partial charge on any atom is -0.484 e. The van der Waals surface area contributed by atoms with Crippen LogP contribution in [0.5, 0.6) is 5.75 Å². The topological polar surface area (TPSA) is 33.3 Å². The second-order valence-corrected chi connectivity index (χ2v) is 6.02. The van der Waals surface area contributed by atoms with Crippen LogP contribution in [0.4, 0.5) is 5.69 Å². The van der Waals surface area contributed by atoms with Crippen molar-refractivity contribution in [3.05, 3.63) is 23.8 Å². The molecule has 3 nitrogen and oxygen atoms in total. The van der Waals surface area contributed by atoms with E-state index in [1.165, 1.54) is 18.4 Å². The van der Waals surface area contributed by atoms with Gasteiger partial charge in [0.25, 0.3) is 0 Å². The second kappa shape index (κ2) is 4.47. The maximum Gasteiger partial charge on any atom is 0.143 e. The standard InChI is InChI=1S/C15H22N2O/c1-15(2)10-17-13-9-11(3-6-14(13)18-15)7-8-16-12-4-5-12/h3,6,9,12,16-17H,4-5,7-8,10H2,1-2H3. The molecular formula is C15H22N2O. The van der Waals surface area contributed by atoms with Crippen molar-refractivity contribution in [3.63, 3.8) is 0 Å². The second-order valence-electron chi connectivity index (χ2n) is 6.02. The largest absolute Gasteiger partial charge is 0.484 e. The number of rotatable bonds is 4. The number of anilines is 1. The van der Waals surface area contributed by atoms with E-state index in [1.807, 2.05) is 0 Å².